The second-order valence-corrected chi connectivity index (χ2v) is 23.3. The Balaban J connectivity index is 4.07. The second kappa shape index (κ2) is 54.7. The molecule has 0 heterocycles. The molecule has 0 fully saturated rings. The Hall–Kier alpha value is -2.62. The van der Waals surface area contributed by atoms with Crippen molar-refractivity contribution >= 4 is 13.7 Å². The molecule has 0 aliphatic rings. The van der Waals surface area contributed by atoms with Crippen molar-refractivity contribution in [2.24, 2.45) is 0 Å². The van der Waals surface area contributed by atoms with E-state index >= 15 is 0 Å². The molecule has 4 N–H and O–H groups in total. The number of amides is 1. The molecule has 0 rings (SSSR count). The monoisotopic (exact) mass is 1070 g/mol. The molecule has 0 aromatic heterocycles. The van der Waals surface area contributed by atoms with E-state index in [-0.39, 0.29) is 18.9 Å². The predicted octanol–water partition coefficient (Wildman–Crippen LogP) is 18.0. The number of phosphoric acid groups is 1. The molecule has 0 saturated heterocycles. The number of nitrogens with one attached hydrogen (secondary N) is 1. The fourth-order valence-electron chi connectivity index (χ4n) is 8.63. The van der Waals surface area contributed by atoms with E-state index in [1.54, 1.807) is 0 Å². The van der Waals surface area contributed by atoms with Crippen LogP contribution < -0.4 is 5.32 Å². The van der Waals surface area contributed by atoms with Crippen LogP contribution in [0.5, 0.6) is 0 Å². The average Bonchev–Trinajstić information content (AvgIpc) is 3.37. The maximum absolute atomic E-state index is 13.0. The van der Waals surface area contributed by atoms with Gasteiger partial charge < -0.3 is 24.9 Å². The summed E-state index contributed by atoms with van der Waals surface area (Å²) in [4.78, 5) is 23.3. The zero-order valence-corrected chi connectivity index (χ0v) is 50.0. The molecule has 75 heavy (non-hydrogen) atoms. The van der Waals surface area contributed by atoms with Gasteiger partial charge in [-0.3, -0.25) is 13.8 Å². The molecule has 0 bridgehead atoms. The molecule has 10 heteroatoms. The third-order valence-corrected chi connectivity index (χ3v) is 14.4. The highest BCUT2D eigenvalue weighted by Gasteiger charge is 2.32. The number of likely N-dealkylation sites (N-methyl/N-ethyl adjacent to an activating group) is 1. The molecule has 0 aromatic rings. The summed E-state index contributed by atoms with van der Waals surface area (Å²) >= 11 is 0. The van der Waals surface area contributed by atoms with Crippen LogP contribution in [0, 0.1) is 0 Å². The van der Waals surface area contributed by atoms with Gasteiger partial charge in [-0.05, 0) is 77.0 Å². The maximum atomic E-state index is 13.0. The van der Waals surface area contributed by atoms with E-state index in [9.17, 15) is 24.5 Å². The van der Waals surface area contributed by atoms with Gasteiger partial charge in [0.05, 0.1) is 39.9 Å². The van der Waals surface area contributed by atoms with Crippen molar-refractivity contribution in [1.29, 1.82) is 0 Å². The fraction of sp³-hybridized carbons (Fsp3) is 0.738. The molecule has 0 aliphatic heterocycles. The van der Waals surface area contributed by atoms with Crippen molar-refractivity contribution in [2.75, 3.05) is 40.9 Å². The standard InChI is InChI=1S/C65H117N2O7P/c1-6-8-10-12-14-16-18-20-21-22-23-24-25-26-27-28-29-30-31-32-33-34-35-36-37-38-39-40-41-42-43-44-45-46-48-50-52-54-56-58-64(69)66-62(61-74-75(71,72)73-60-59-67(3,4)5)65(70)63(68)57-55-53-51-49-47-19-17-15-13-11-9-7-2/h8,10,14,16,20-21,23-24,26-27,29-30,32-33,35-36,62-63,65,68,70H,6-7,9,11-13,15,17-19,22,25,28,31,34,37-61H2,1-5H3,(H-,66,69,71,72)/p+1/b10-8-,16-14-,21-20-,24-23-,27-26-,30-29-,33-32-,36-35-. The molecule has 0 saturated carbocycles. The number of hydrogen-bond donors (Lipinski definition) is 4. The number of nitrogens with zero attached hydrogens (tertiary/aromatic N) is 1. The van der Waals surface area contributed by atoms with Crippen LogP contribution in [0.25, 0.3) is 0 Å². The van der Waals surface area contributed by atoms with Gasteiger partial charge in [-0.25, -0.2) is 4.57 Å². The molecule has 0 aromatic carbocycles. The van der Waals surface area contributed by atoms with Crippen LogP contribution in [0.4, 0.5) is 0 Å². The van der Waals surface area contributed by atoms with E-state index in [1.807, 2.05) is 21.1 Å². The number of hydrogen-bond acceptors (Lipinski definition) is 6. The van der Waals surface area contributed by atoms with Crippen molar-refractivity contribution in [3.63, 3.8) is 0 Å². The molecular formula is C65H118N2O7P+. The van der Waals surface area contributed by atoms with Gasteiger partial charge in [0.25, 0.3) is 0 Å². The Morgan fingerprint density at radius 3 is 1.21 bits per heavy atom. The summed E-state index contributed by atoms with van der Waals surface area (Å²) < 4.78 is 23.6. The minimum absolute atomic E-state index is 0.0191. The lowest BCUT2D eigenvalue weighted by Gasteiger charge is -2.28. The molecular weight excluding hydrogens is 952 g/mol. The van der Waals surface area contributed by atoms with E-state index in [2.05, 4.69) is 116 Å². The number of carbonyl (C=O) groups is 1. The summed E-state index contributed by atoms with van der Waals surface area (Å²) in [5.74, 6) is -0.261. The van der Waals surface area contributed by atoms with Crippen LogP contribution >= 0.6 is 7.82 Å². The summed E-state index contributed by atoms with van der Waals surface area (Å²) in [5, 5.41) is 24.8. The summed E-state index contributed by atoms with van der Waals surface area (Å²) in [5.41, 5.74) is 0. The third kappa shape index (κ3) is 55.9. The van der Waals surface area contributed by atoms with E-state index in [4.69, 9.17) is 9.05 Å². The lowest BCUT2D eigenvalue weighted by Crippen LogP contribution is -2.51. The topological polar surface area (TPSA) is 125 Å². The van der Waals surface area contributed by atoms with Crippen molar-refractivity contribution in [3.05, 3.63) is 97.2 Å². The first-order valence-corrected chi connectivity index (χ1v) is 32.2. The molecule has 434 valence electrons. The van der Waals surface area contributed by atoms with E-state index in [1.165, 1.54) is 128 Å². The Kier molecular flexibility index (Phi) is 52.8. The number of allylic oxidation sites excluding steroid dienone is 16. The molecule has 0 radical (unpaired) electrons. The quantitative estimate of drug-likeness (QED) is 0.0207. The fourth-order valence-corrected chi connectivity index (χ4v) is 9.37. The molecule has 1 amide bonds. The van der Waals surface area contributed by atoms with E-state index in [0.717, 1.165) is 96.3 Å². The maximum Gasteiger partial charge on any atom is 0.472 e. The predicted molar refractivity (Wildman–Crippen MR) is 324 cm³/mol. The highest BCUT2D eigenvalue weighted by molar-refractivity contribution is 7.47. The largest absolute Gasteiger partial charge is 0.472 e. The first kappa shape index (κ1) is 72.4. The third-order valence-electron chi connectivity index (χ3n) is 13.4. The SMILES string of the molecule is CC/C=C\C/C=C\C/C=C\C/C=C\C/C=C\C/C=C\C/C=C\C/C=C\CCCCCCCCCCCCCCCCC(=O)NC(COP(=O)(O)OCC[N+](C)(C)C)C(O)C(O)CCCCCCCCCCCCCC. The van der Waals surface area contributed by atoms with Gasteiger partial charge in [0.15, 0.2) is 0 Å². The second-order valence-electron chi connectivity index (χ2n) is 21.8. The van der Waals surface area contributed by atoms with Gasteiger partial charge in [0.1, 0.15) is 19.3 Å². The van der Waals surface area contributed by atoms with E-state index in [0.29, 0.717) is 17.4 Å². The zero-order chi connectivity index (χ0) is 55.0. The Morgan fingerprint density at radius 1 is 0.480 bits per heavy atom. The van der Waals surface area contributed by atoms with Gasteiger partial charge in [0, 0.05) is 6.42 Å². The summed E-state index contributed by atoms with van der Waals surface area (Å²) in [6.45, 7) is 4.49. The average molecular weight is 1070 g/mol. The lowest BCUT2D eigenvalue weighted by molar-refractivity contribution is -0.870. The van der Waals surface area contributed by atoms with Crippen molar-refractivity contribution in [3.8, 4) is 0 Å². The van der Waals surface area contributed by atoms with Crippen LogP contribution in [-0.2, 0) is 18.4 Å². The highest BCUT2D eigenvalue weighted by atomic mass is 31.2. The molecule has 0 aliphatic carbocycles. The number of rotatable bonds is 55. The Morgan fingerprint density at radius 2 is 0.827 bits per heavy atom. The van der Waals surface area contributed by atoms with Crippen LogP contribution in [-0.4, -0.2) is 84.6 Å². The smallest absolute Gasteiger partial charge is 0.390 e. The zero-order valence-electron chi connectivity index (χ0n) is 49.1. The van der Waals surface area contributed by atoms with Gasteiger partial charge in [-0.15, -0.1) is 0 Å². The van der Waals surface area contributed by atoms with Gasteiger partial charge in [-0.1, -0.05) is 265 Å². The van der Waals surface area contributed by atoms with Crippen LogP contribution in [0.1, 0.15) is 251 Å². The highest BCUT2D eigenvalue weighted by Crippen LogP contribution is 2.43. The van der Waals surface area contributed by atoms with Gasteiger partial charge in [-0.2, -0.15) is 0 Å². The van der Waals surface area contributed by atoms with E-state index < -0.39 is 32.7 Å². The number of unbranched alkanes of at least 4 members (excludes halogenated alkanes) is 25. The lowest BCUT2D eigenvalue weighted by atomic mass is 9.99. The molecule has 4 unspecified atom stereocenters. The van der Waals surface area contributed by atoms with Crippen molar-refractivity contribution in [1.82, 2.24) is 5.32 Å². The van der Waals surface area contributed by atoms with Gasteiger partial charge >= 0.3 is 7.82 Å². The minimum Gasteiger partial charge on any atom is -0.390 e. The summed E-state index contributed by atoms with van der Waals surface area (Å²) in [6.07, 6.45) is 75.0. The minimum atomic E-state index is -4.43. The van der Waals surface area contributed by atoms with Crippen molar-refractivity contribution < 1.29 is 38.0 Å². The summed E-state index contributed by atoms with van der Waals surface area (Å²) in [7, 11) is 1.43. The first-order chi connectivity index (χ1) is 36.4. The summed E-state index contributed by atoms with van der Waals surface area (Å²) in [6, 6.07) is -1.04. The normalized spacial score (nSPS) is 14.9. The van der Waals surface area contributed by atoms with Crippen LogP contribution in [0.3, 0.4) is 0 Å². The van der Waals surface area contributed by atoms with Crippen LogP contribution in [0.2, 0.25) is 0 Å². The van der Waals surface area contributed by atoms with Crippen molar-refractivity contribution in [2.45, 2.75) is 270 Å². The number of quaternary nitrogens is 1. The number of carbonyl (C=O) groups excluding carboxylic acids is 1. The Bertz CT molecular complexity index is 1560. The molecule has 0 spiro atoms. The Labute approximate surface area is 462 Å². The number of aliphatic hydroxyl groups is 2. The first-order valence-electron chi connectivity index (χ1n) is 30.7. The van der Waals surface area contributed by atoms with Crippen LogP contribution in [0.15, 0.2) is 97.2 Å². The van der Waals surface area contributed by atoms with Gasteiger partial charge in [0.2, 0.25) is 5.91 Å². The molecule has 9 nitrogen and oxygen atoms in total. The molecule has 4 atom stereocenters. The number of phosphoric ester groups is 1. The number of aliphatic hydroxyl groups excluding tert-OH is 2.